The molecule has 0 heterocycles. The second-order valence-electron chi connectivity index (χ2n) is 4.36. The van der Waals surface area contributed by atoms with Crippen LogP contribution in [0.5, 0.6) is 0 Å². The van der Waals surface area contributed by atoms with Crippen LogP contribution in [0.3, 0.4) is 0 Å². The number of carbonyl (C=O) groups is 1. The van der Waals surface area contributed by atoms with Crippen molar-refractivity contribution in [3.05, 3.63) is 34.6 Å². The Kier molecular flexibility index (Phi) is 3.50. The van der Waals surface area contributed by atoms with E-state index in [1.807, 2.05) is 13.8 Å². The van der Waals surface area contributed by atoms with Gasteiger partial charge in [0.05, 0.1) is 0 Å². The van der Waals surface area contributed by atoms with Crippen molar-refractivity contribution in [2.24, 2.45) is 0 Å². The fourth-order valence-corrected chi connectivity index (χ4v) is 2.27. The lowest BCUT2D eigenvalue weighted by molar-refractivity contribution is -0.118. The van der Waals surface area contributed by atoms with Crippen LogP contribution >= 0.6 is 11.6 Å². The zero-order valence-corrected chi connectivity index (χ0v) is 9.86. The molecule has 0 amide bonds. The van der Waals surface area contributed by atoms with Crippen molar-refractivity contribution in [3.8, 4) is 0 Å². The summed E-state index contributed by atoms with van der Waals surface area (Å²) >= 11 is 5.95. The molecule has 1 rings (SSSR count). The minimum absolute atomic E-state index is 0.0271. The van der Waals surface area contributed by atoms with Crippen LogP contribution in [0.2, 0.25) is 5.02 Å². The van der Waals surface area contributed by atoms with Crippen molar-refractivity contribution in [1.29, 1.82) is 0 Å². The summed E-state index contributed by atoms with van der Waals surface area (Å²) in [7, 11) is 0. The minimum Gasteiger partial charge on any atom is -0.300 e. The quantitative estimate of drug-likeness (QED) is 0.770. The maximum absolute atomic E-state index is 13.6. The summed E-state index contributed by atoms with van der Waals surface area (Å²) < 4.78 is 13.6. The first-order valence-corrected chi connectivity index (χ1v) is 5.16. The molecule has 0 fully saturated rings. The number of hydrogen-bond donors (Lipinski definition) is 0. The van der Waals surface area contributed by atoms with Crippen molar-refractivity contribution in [1.82, 2.24) is 0 Å². The predicted molar refractivity (Wildman–Crippen MR) is 59.7 cm³/mol. The number of carbonyl (C=O) groups excluding carboxylic acids is 1. The van der Waals surface area contributed by atoms with Crippen LogP contribution in [0.15, 0.2) is 18.2 Å². The maximum atomic E-state index is 13.6. The van der Waals surface area contributed by atoms with E-state index in [0.29, 0.717) is 10.6 Å². The zero-order valence-electron chi connectivity index (χ0n) is 9.10. The van der Waals surface area contributed by atoms with Crippen LogP contribution < -0.4 is 0 Å². The molecule has 3 heteroatoms. The Hall–Kier alpha value is -0.890. The average Bonchev–Trinajstić information content (AvgIpc) is 1.99. The van der Waals surface area contributed by atoms with Gasteiger partial charge in [-0.25, -0.2) is 4.39 Å². The Morgan fingerprint density at radius 2 is 2.07 bits per heavy atom. The van der Waals surface area contributed by atoms with E-state index in [1.165, 1.54) is 13.0 Å². The van der Waals surface area contributed by atoms with Gasteiger partial charge in [0.15, 0.2) is 0 Å². The van der Waals surface area contributed by atoms with Crippen LogP contribution in [-0.2, 0) is 10.2 Å². The van der Waals surface area contributed by atoms with E-state index in [2.05, 4.69) is 0 Å². The molecular weight excluding hydrogens is 215 g/mol. The molecule has 0 radical (unpaired) electrons. The maximum Gasteiger partial charge on any atom is 0.130 e. The lowest BCUT2D eigenvalue weighted by Crippen LogP contribution is -2.22. The van der Waals surface area contributed by atoms with Gasteiger partial charge >= 0.3 is 0 Å². The van der Waals surface area contributed by atoms with E-state index in [-0.39, 0.29) is 18.0 Å². The highest BCUT2D eigenvalue weighted by Gasteiger charge is 2.28. The summed E-state index contributed by atoms with van der Waals surface area (Å²) in [6.07, 6.45) is 0.285. The third-order valence-corrected chi connectivity index (χ3v) is 2.65. The number of hydrogen-bond acceptors (Lipinski definition) is 1. The number of Topliss-reactive ketones (excluding diaryl/α,β-unsaturated/α-hetero) is 1. The molecule has 82 valence electrons. The Balaban J connectivity index is 3.19. The lowest BCUT2D eigenvalue weighted by atomic mass is 9.80. The Bertz CT molecular complexity index is 365. The number of ketones is 1. The molecule has 15 heavy (non-hydrogen) atoms. The van der Waals surface area contributed by atoms with E-state index in [0.717, 1.165) is 0 Å². The van der Waals surface area contributed by atoms with Crippen molar-refractivity contribution in [2.75, 3.05) is 0 Å². The fourth-order valence-electron chi connectivity index (χ4n) is 1.86. The van der Waals surface area contributed by atoms with Crippen LogP contribution in [-0.4, -0.2) is 5.78 Å². The van der Waals surface area contributed by atoms with Gasteiger partial charge in [-0.3, -0.25) is 4.79 Å². The fraction of sp³-hybridized carbons (Fsp3) is 0.417. The van der Waals surface area contributed by atoms with E-state index >= 15 is 0 Å². The van der Waals surface area contributed by atoms with Gasteiger partial charge in [0.1, 0.15) is 11.6 Å². The van der Waals surface area contributed by atoms with E-state index in [9.17, 15) is 9.18 Å². The summed E-state index contributed by atoms with van der Waals surface area (Å²) in [5, 5.41) is 0.376. The molecule has 0 aliphatic heterocycles. The van der Waals surface area contributed by atoms with Crippen molar-refractivity contribution in [3.63, 3.8) is 0 Å². The third-order valence-electron chi connectivity index (χ3n) is 2.33. The number of rotatable bonds is 3. The molecule has 0 atom stereocenters. The molecule has 0 aliphatic carbocycles. The van der Waals surface area contributed by atoms with Crippen molar-refractivity contribution < 1.29 is 9.18 Å². The molecule has 0 saturated heterocycles. The van der Waals surface area contributed by atoms with Gasteiger partial charge in [-0.1, -0.05) is 31.5 Å². The van der Waals surface area contributed by atoms with Crippen LogP contribution in [0, 0.1) is 5.82 Å². The van der Waals surface area contributed by atoms with Crippen LogP contribution in [0.4, 0.5) is 4.39 Å². The number of halogens is 2. The monoisotopic (exact) mass is 228 g/mol. The SMILES string of the molecule is CC(=O)CC(C)(C)c1c(F)cccc1Cl. The highest BCUT2D eigenvalue weighted by atomic mass is 35.5. The van der Waals surface area contributed by atoms with Gasteiger partial charge in [0.2, 0.25) is 0 Å². The molecule has 1 nitrogen and oxygen atoms in total. The smallest absolute Gasteiger partial charge is 0.130 e. The Morgan fingerprint density at radius 1 is 1.47 bits per heavy atom. The van der Waals surface area contributed by atoms with Crippen molar-refractivity contribution >= 4 is 17.4 Å². The molecule has 1 aromatic rings. The Labute approximate surface area is 94.3 Å². The van der Waals surface area contributed by atoms with Gasteiger partial charge in [0, 0.05) is 22.4 Å². The van der Waals surface area contributed by atoms with Crippen LogP contribution in [0.1, 0.15) is 32.8 Å². The van der Waals surface area contributed by atoms with Gasteiger partial charge in [0.25, 0.3) is 0 Å². The topological polar surface area (TPSA) is 17.1 Å². The first kappa shape index (κ1) is 12.2. The molecular formula is C12H14ClFO. The first-order chi connectivity index (χ1) is 6.84. The lowest BCUT2D eigenvalue weighted by Gasteiger charge is -2.25. The summed E-state index contributed by atoms with van der Waals surface area (Å²) in [5.41, 5.74) is -0.143. The van der Waals surface area contributed by atoms with Gasteiger partial charge in [-0.05, 0) is 19.1 Å². The molecule has 1 aromatic carbocycles. The van der Waals surface area contributed by atoms with Gasteiger partial charge < -0.3 is 0 Å². The molecule has 0 spiro atoms. The first-order valence-electron chi connectivity index (χ1n) is 4.78. The van der Waals surface area contributed by atoms with E-state index in [4.69, 9.17) is 11.6 Å². The molecule has 0 aromatic heterocycles. The molecule has 0 N–H and O–H groups in total. The highest BCUT2D eigenvalue weighted by Crippen LogP contribution is 2.34. The average molecular weight is 229 g/mol. The minimum atomic E-state index is -0.561. The Morgan fingerprint density at radius 3 is 2.53 bits per heavy atom. The third kappa shape index (κ3) is 2.78. The summed E-state index contributed by atoms with van der Waals surface area (Å²) in [5.74, 6) is -0.326. The molecule has 0 bridgehead atoms. The summed E-state index contributed by atoms with van der Waals surface area (Å²) in [6.45, 7) is 5.13. The predicted octanol–water partition coefficient (Wildman–Crippen LogP) is 3.74. The standard InChI is InChI=1S/C12H14ClFO/c1-8(15)7-12(2,3)11-9(13)5-4-6-10(11)14/h4-6H,7H2,1-3H3. The van der Waals surface area contributed by atoms with Crippen LogP contribution in [0.25, 0.3) is 0 Å². The van der Waals surface area contributed by atoms with E-state index < -0.39 is 5.41 Å². The zero-order chi connectivity index (χ0) is 11.6. The molecule has 0 unspecified atom stereocenters. The molecule has 0 saturated carbocycles. The number of benzene rings is 1. The van der Waals surface area contributed by atoms with Crippen molar-refractivity contribution in [2.45, 2.75) is 32.6 Å². The molecule has 0 aliphatic rings. The van der Waals surface area contributed by atoms with Gasteiger partial charge in [-0.15, -0.1) is 0 Å². The summed E-state index contributed by atoms with van der Waals surface area (Å²) in [6, 6.07) is 4.57. The second kappa shape index (κ2) is 4.31. The highest BCUT2D eigenvalue weighted by molar-refractivity contribution is 6.31. The normalized spacial score (nSPS) is 11.5. The van der Waals surface area contributed by atoms with Gasteiger partial charge in [-0.2, -0.15) is 0 Å². The van der Waals surface area contributed by atoms with E-state index in [1.54, 1.807) is 12.1 Å². The summed E-state index contributed by atoms with van der Waals surface area (Å²) in [4.78, 5) is 11.1. The largest absolute Gasteiger partial charge is 0.300 e. The second-order valence-corrected chi connectivity index (χ2v) is 4.77.